The van der Waals surface area contributed by atoms with Crippen LogP contribution >= 0.6 is 23.2 Å². The summed E-state index contributed by atoms with van der Waals surface area (Å²) in [6, 6.07) is 26.2. The first kappa shape index (κ1) is 17.8. The molecule has 1 heterocycles. The van der Waals surface area contributed by atoms with Crippen molar-refractivity contribution in [3.63, 3.8) is 0 Å². The fourth-order valence-corrected chi connectivity index (χ4v) is 3.42. The number of hydrogen-bond donors (Lipinski definition) is 0. The Kier molecular flexibility index (Phi) is 5.28. The van der Waals surface area contributed by atoms with Crippen molar-refractivity contribution in [2.24, 2.45) is 5.10 Å². The molecule has 3 aromatic carbocycles. The number of benzene rings is 3. The van der Waals surface area contributed by atoms with Crippen LogP contribution < -0.4 is 5.01 Å². The molecule has 1 aliphatic rings. The first-order valence-corrected chi connectivity index (χ1v) is 9.55. The second kappa shape index (κ2) is 7.99. The van der Waals surface area contributed by atoms with Crippen LogP contribution in [0.3, 0.4) is 0 Å². The largest absolute Gasteiger partial charge is 0.257 e. The van der Waals surface area contributed by atoms with Gasteiger partial charge in [0.1, 0.15) is 0 Å². The van der Waals surface area contributed by atoms with Gasteiger partial charge in [-0.1, -0.05) is 71.7 Å². The zero-order valence-corrected chi connectivity index (χ0v) is 16.1. The Morgan fingerprint density at radius 2 is 1.41 bits per heavy atom. The van der Waals surface area contributed by atoms with Crippen LogP contribution in [-0.4, -0.2) is 5.71 Å². The third kappa shape index (κ3) is 4.24. The van der Waals surface area contributed by atoms with E-state index in [1.54, 1.807) is 0 Å². The zero-order chi connectivity index (χ0) is 18.6. The van der Waals surface area contributed by atoms with Crippen molar-refractivity contribution in [1.82, 2.24) is 0 Å². The van der Waals surface area contributed by atoms with E-state index in [9.17, 15) is 0 Å². The molecule has 27 heavy (non-hydrogen) atoms. The predicted octanol–water partition coefficient (Wildman–Crippen LogP) is 7.01. The van der Waals surface area contributed by atoms with Crippen LogP contribution in [0, 0.1) is 0 Å². The smallest absolute Gasteiger partial charge is 0.0831 e. The molecule has 0 saturated heterocycles. The molecule has 134 valence electrons. The fraction of sp³-hybridized carbons (Fsp3) is 0.0870. The molecule has 2 nitrogen and oxygen atoms in total. The van der Waals surface area contributed by atoms with Gasteiger partial charge in [-0.05, 0) is 53.6 Å². The summed E-state index contributed by atoms with van der Waals surface area (Å²) in [7, 11) is 0. The van der Waals surface area contributed by atoms with Crippen LogP contribution in [0.25, 0.3) is 6.08 Å². The van der Waals surface area contributed by atoms with Gasteiger partial charge in [0, 0.05) is 16.5 Å². The Balaban J connectivity index is 1.63. The highest BCUT2D eigenvalue weighted by atomic mass is 35.5. The second-order valence-electron chi connectivity index (χ2n) is 6.43. The summed E-state index contributed by atoms with van der Waals surface area (Å²) in [5, 5.41) is 8.45. The Morgan fingerprint density at radius 3 is 2.07 bits per heavy atom. The maximum absolute atomic E-state index is 6.07. The molecule has 1 atom stereocenters. The maximum atomic E-state index is 6.07. The molecule has 4 rings (SSSR count). The molecule has 3 aromatic rings. The lowest BCUT2D eigenvalue weighted by atomic mass is 10.0. The number of halogens is 2. The lowest BCUT2D eigenvalue weighted by Gasteiger charge is -2.24. The van der Waals surface area contributed by atoms with Gasteiger partial charge in [-0.3, -0.25) is 5.01 Å². The van der Waals surface area contributed by atoms with Crippen molar-refractivity contribution in [3.05, 3.63) is 106 Å². The third-order valence-electron chi connectivity index (χ3n) is 4.55. The van der Waals surface area contributed by atoms with Gasteiger partial charge < -0.3 is 0 Å². The molecule has 0 amide bonds. The predicted molar refractivity (Wildman–Crippen MR) is 116 cm³/mol. The van der Waals surface area contributed by atoms with Crippen molar-refractivity contribution in [2.75, 3.05) is 5.01 Å². The van der Waals surface area contributed by atoms with E-state index in [1.165, 1.54) is 5.56 Å². The minimum atomic E-state index is 0.148. The van der Waals surface area contributed by atoms with E-state index >= 15 is 0 Å². The number of anilines is 1. The molecule has 0 aliphatic carbocycles. The van der Waals surface area contributed by atoms with Gasteiger partial charge in [-0.15, -0.1) is 0 Å². The van der Waals surface area contributed by atoms with E-state index in [0.29, 0.717) is 0 Å². The number of hydrogen-bond acceptors (Lipinski definition) is 2. The van der Waals surface area contributed by atoms with E-state index in [0.717, 1.165) is 33.4 Å². The number of hydrazone groups is 1. The molecule has 0 N–H and O–H groups in total. The van der Waals surface area contributed by atoms with Crippen molar-refractivity contribution in [2.45, 2.75) is 12.5 Å². The molecule has 0 saturated carbocycles. The summed E-state index contributed by atoms with van der Waals surface area (Å²) < 4.78 is 0. The van der Waals surface area contributed by atoms with Crippen LogP contribution in [0.1, 0.15) is 23.6 Å². The van der Waals surface area contributed by atoms with E-state index in [1.807, 2.05) is 54.6 Å². The Labute approximate surface area is 169 Å². The summed E-state index contributed by atoms with van der Waals surface area (Å²) in [5.74, 6) is 0. The lowest BCUT2D eigenvalue weighted by Crippen LogP contribution is -2.18. The standard InChI is InChI=1S/C23H18Cl2N2/c24-19-11-6-17(7-12-19)8-15-21-16-23(18-9-13-20(25)14-10-18)27(26-21)22-4-2-1-3-5-22/h1-15,23H,16H2/b15-8+/t23-/m1/s1. The molecule has 0 fully saturated rings. The Bertz CT molecular complexity index is 962. The van der Waals surface area contributed by atoms with Crippen LogP contribution in [0.4, 0.5) is 5.69 Å². The van der Waals surface area contributed by atoms with Crippen LogP contribution in [0.2, 0.25) is 10.0 Å². The molecule has 4 heteroatoms. The first-order chi connectivity index (χ1) is 13.2. The van der Waals surface area contributed by atoms with Crippen LogP contribution in [0.5, 0.6) is 0 Å². The SMILES string of the molecule is Clc1ccc(/C=C/C2=NN(c3ccccc3)[C@@H](c3ccc(Cl)cc3)C2)cc1. The van der Waals surface area contributed by atoms with Crippen molar-refractivity contribution >= 4 is 40.7 Å². The molecule has 0 bridgehead atoms. The van der Waals surface area contributed by atoms with Gasteiger partial charge in [-0.2, -0.15) is 5.10 Å². The quantitative estimate of drug-likeness (QED) is 0.465. The second-order valence-corrected chi connectivity index (χ2v) is 7.30. The minimum absolute atomic E-state index is 0.148. The summed E-state index contributed by atoms with van der Waals surface area (Å²) >= 11 is 12.0. The van der Waals surface area contributed by atoms with Gasteiger partial charge in [0.2, 0.25) is 0 Å². The first-order valence-electron chi connectivity index (χ1n) is 8.80. The van der Waals surface area contributed by atoms with Crippen molar-refractivity contribution in [1.29, 1.82) is 0 Å². The van der Waals surface area contributed by atoms with Crippen molar-refractivity contribution in [3.8, 4) is 0 Å². The van der Waals surface area contributed by atoms with Gasteiger partial charge in [0.05, 0.1) is 17.4 Å². The Hall–Kier alpha value is -2.55. The summed E-state index contributed by atoms with van der Waals surface area (Å²) in [5.41, 5.74) is 4.41. The van der Waals surface area contributed by atoms with Gasteiger partial charge in [0.25, 0.3) is 0 Å². The maximum Gasteiger partial charge on any atom is 0.0831 e. The number of nitrogens with zero attached hydrogens (tertiary/aromatic N) is 2. The van der Waals surface area contributed by atoms with Crippen molar-refractivity contribution < 1.29 is 0 Å². The molecule has 1 aliphatic heterocycles. The number of allylic oxidation sites excluding steroid dienone is 1. The summed E-state index contributed by atoms with van der Waals surface area (Å²) in [6.07, 6.45) is 4.98. The van der Waals surface area contributed by atoms with E-state index in [2.05, 4.69) is 41.4 Å². The normalized spacial score (nSPS) is 16.7. The molecular formula is C23H18Cl2N2. The molecule has 0 aromatic heterocycles. The highest BCUT2D eigenvalue weighted by Gasteiger charge is 2.28. The van der Waals surface area contributed by atoms with Gasteiger partial charge >= 0.3 is 0 Å². The minimum Gasteiger partial charge on any atom is -0.257 e. The third-order valence-corrected chi connectivity index (χ3v) is 5.05. The average molecular weight is 393 g/mol. The van der Waals surface area contributed by atoms with Gasteiger partial charge in [0.15, 0.2) is 0 Å². The highest BCUT2D eigenvalue weighted by molar-refractivity contribution is 6.30. The molecule has 0 unspecified atom stereocenters. The summed E-state index contributed by atoms with van der Waals surface area (Å²) in [6.45, 7) is 0. The topological polar surface area (TPSA) is 15.6 Å². The van der Waals surface area contributed by atoms with E-state index in [-0.39, 0.29) is 6.04 Å². The number of para-hydroxylation sites is 1. The van der Waals surface area contributed by atoms with E-state index in [4.69, 9.17) is 28.3 Å². The number of rotatable bonds is 4. The average Bonchev–Trinajstić information content (AvgIpc) is 3.13. The highest BCUT2D eigenvalue weighted by Crippen LogP contribution is 2.35. The van der Waals surface area contributed by atoms with Crippen LogP contribution in [0.15, 0.2) is 90.0 Å². The summed E-state index contributed by atoms with van der Waals surface area (Å²) in [4.78, 5) is 0. The zero-order valence-electron chi connectivity index (χ0n) is 14.6. The fourth-order valence-electron chi connectivity index (χ4n) is 3.16. The lowest BCUT2D eigenvalue weighted by molar-refractivity contribution is 0.709. The molecule has 0 radical (unpaired) electrons. The van der Waals surface area contributed by atoms with Crippen LogP contribution in [-0.2, 0) is 0 Å². The van der Waals surface area contributed by atoms with Gasteiger partial charge in [-0.25, -0.2) is 0 Å². The molecular weight excluding hydrogens is 375 g/mol. The monoisotopic (exact) mass is 392 g/mol. The molecule has 0 spiro atoms. The van der Waals surface area contributed by atoms with E-state index < -0.39 is 0 Å². The Morgan fingerprint density at radius 1 is 0.778 bits per heavy atom.